The van der Waals surface area contributed by atoms with Crippen molar-refractivity contribution in [1.29, 1.82) is 0 Å². The maximum Gasteiger partial charge on any atom is 0.266 e. The molecule has 0 saturated carbocycles. The van der Waals surface area contributed by atoms with E-state index in [9.17, 15) is 22.8 Å². The lowest BCUT2D eigenvalue weighted by Crippen LogP contribution is -2.55. The Kier molecular flexibility index (Phi) is 11.8. The van der Waals surface area contributed by atoms with Crippen LogP contribution in [0.5, 0.6) is 0 Å². The summed E-state index contributed by atoms with van der Waals surface area (Å²) in [7, 11) is -3.81. The van der Waals surface area contributed by atoms with E-state index in [1.807, 2.05) is 72.8 Å². The minimum absolute atomic E-state index is 0.0280. The van der Waals surface area contributed by atoms with Crippen molar-refractivity contribution in [2.24, 2.45) is 0 Å². The highest BCUT2D eigenvalue weighted by atomic mass is 35.5. The van der Waals surface area contributed by atoms with E-state index in [-0.39, 0.29) is 38.3 Å². The zero-order chi connectivity index (χ0) is 36.7. The van der Waals surface area contributed by atoms with Crippen molar-refractivity contribution in [3.63, 3.8) is 0 Å². The number of ketones is 1. The summed E-state index contributed by atoms with van der Waals surface area (Å²) in [6.07, 6.45) is 1.25. The second-order valence-electron chi connectivity index (χ2n) is 12.9. The van der Waals surface area contributed by atoms with Gasteiger partial charge >= 0.3 is 0 Å². The second kappa shape index (κ2) is 16.6. The quantitative estimate of drug-likeness (QED) is 0.140. The molecular weight excluding hydrogens is 704 g/mol. The van der Waals surface area contributed by atoms with Gasteiger partial charge in [0.2, 0.25) is 27.6 Å². The molecule has 11 nitrogen and oxygen atoms in total. The average molecular weight is 743 g/mol. The molecule has 2 heterocycles. The Balaban J connectivity index is 1.27. The van der Waals surface area contributed by atoms with Crippen LogP contribution < -0.4 is 10.0 Å². The summed E-state index contributed by atoms with van der Waals surface area (Å²) in [5.41, 5.74) is 3.50. The van der Waals surface area contributed by atoms with Crippen LogP contribution in [0, 0.1) is 0 Å². The lowest BCUT2D eigenvalue weighted by molar-refractivity contribution is -0.140. The van der Waals surface area contributed by atoms with Gasteiger partial charge in [-0.05, 0) is 53.8 Å². The molecule has 270 valence electrons. The Morgan fingerprint density at radius 3 is 2.21 bits per heavy atom. The van der Waals surface area contributed by atoms with E-state index in [2.05, 4.69) is 15.0 Å². The number of aryl methyl sites for hydroxylation is 1. The number of ether oxygens (including phenoxy) is 1. The normalized spacial score (nSPS) is 17.2. The number of rotatable bonds is 15. The molecule has 52 heavy (non-hydrogen) atoms. The number of hydrogen-bond acceptors (Lipinski definition) is 8. The van der Waals surface area contributed by atoms with Gasteiger partial charge in [0, 0.05) is 24.4 Å². The summed E-state index contributed by atoms with van der Waals surface area (Å²) in [5.74, 6) is -1.83. The number of sulfonamides is 1. The molecule has 4 atom stereocenters. The highest BCUT2D eigenvalue weighted by Gasteiger charge is 2.44. The number of hydrogen-bond donors (Lipinski definition) is 2. The number of aromatic nitrogens is 1. The van der Waals surface area contributed by atoms with Crippen molar-refractivity contribution in [2.45, 2.75) is 56.5 Å². The van der Waals surface area contributed by atoms with E-state index < -0.39 is 51.9 Å². The molecule has 5 aromatic rings. The molecule has 0 radical (unpaired) electrons. The molecule has 6 rings (SSSR count). The first kappa shape index (κ1) is 36.9. The van der Waals surface area contributed by atoms with Gasteiger partial charge in [0.25, 0.3) is 5.89 Å². The standard InChI is InChI=1S/C39H39ClN4O7S/c1-52(48,49)43-32(21-18-26-10-4-2-5-11-26)39(47)44-24-30(50-25-28-16-19-29(40)20-17-28)23-34(44)37(46)41-33(22-27-12-6-3-7-13-27)36(45)38-42-31-14-8-9-15-35(31)51-38/h2-17,19-20,30,32-34,43H,18,21-25H2,1H3,(H,41,46)/t30-,32-,33+,34+/m1/s1. The lowest BCUT2D eigenvalue weighted by atomic mass is 10.0. The molecule has 13 heteroatoms. The summed E-state index contributed by atoms with van der Waals surface area (Å²) >= 11 is 6.05. The first-order chi connectivity index (χ1) is 25.0. The third kappa shape index (κ3) is 9.71. The Morgan fingerprint density at radius 1 is 0.885 bits per heavy atom. The van der Waals surface area contributed by atoms with Crippen LogP contribution in [0.2, 0.25) is 5.02 Å². The van der Waals surface area contributed by atoms with Gasteiger partial charge in [0.15, 0.2) is 5.58 Å². The third-order valence-electron chi connectivity index (χ3n) is 8.89. The van der Waals surface area contributed by atoms with Crippen LogP contribution in [-0.2, 0) is 43.8 Å². The topological polar surface area (TPSA) is 148 Å². The highest BCUT2D eigenvalue weighted by Crippen LogP contribution is 2.25. The van der Waals surface area contributed by atoms with Crippen molar-refractivity contribution >= 4 is 50.3 Å². The third-order valence-corrected chi connectivity index (χ3v) is 9.85. The van der Waals surface area contributed by atoms with E-state index in [0.29, 0.717) is 22.5 Å². The smallest absolute Gasteiger partial charge is 0.266 e. The monoisotopic (exact) mass is 742 g/mol. The number of oxazole rings is 1. The summed E-state index contributed by atoms with van der Waals surface area (Å²) in [4.78, 5) is 48.3. The minimum Gasteiger partial charge on any atom is -0.434 e. The number of benzene rings is 4. The molecule has 1 saturated heterocycles. The van der Waals surface area contributed by atoms with Crippen molar-refractivity contribution < 1.29 is 32.0 Å². The van der Waals surface area contributed by atoms with Crippen LogP contribution in [-0.4, -0.2) is 72.9 Å². The summed E-state index contributed by atoms with van der Waals surface area (Å²) in [6.45, 7) is 0.226. The zero-order valence-electron chi connectivity index (χ0n) is 28.5. The first-order valence-corrected chi connectivity index (χ1v) is 19.2. The van der Waals surface area contributed by atoms with Crippen molar-refractivity contribution in [3.05, 3.63) is 137 Å². The SMILES string of the molecule is CS(=O)(=O)N[C@H](CCc1ccccc1)C(=O)N1C[C@H](OCc2ccc(Cl)cc2)C[C@H]1C(=O)N[C@@H](Cc1ccccc1)C(=O)c1nc2ccccc2o1. The van der Waals surface area contributed by atoms with Gasteiger partial charge in [-0.25, -0.2) is 18.1 Å². The maximum atomic E-state index is 14.3. The van der Waals surface area contributed by atoms with E-state index in [4.69, 9.17) is 20.8 Å². The minimum atomic E-state index is -3.81. The molecule has 1 aliphatic rings. The lowest BCUT2D eigenvalue weighted by Gasteiger charge is -2.29. The fraction of sp³-hybridized carbons (Fsp3) is 0.282. The van der Waals surface area contributed by atoms with Crippen LogP contribution in [0.4, 0.5) is 0 Å². The zero-order valence-corrected chi connectivity index (χ0v) is 30.1. The summed E-state index contributed by atoms with van der Waals surface area (Å²) < 4.78 is 39.4. The Hall–Kier alpha value is -4.88. The Bertz CT molecular complexity index is 2080. The number of para-hydroxylation sites is 2. The fourth-order valence-corrected chi connectivity index (χ4v) is 7.17. The van der Waals surface area contributed by atoms with Crippen molar-refractivity contribution in [2.75, 3.05) is 12.8 Å². The van der Waals surface area contributed by atoms with E-state index in [0.717, 1.165) is 22.9 Å². The predicted molar refractivity (Wildman–Crippen MR) is 197 cm³/mol. The number of likely N-dealkylation sites (tertiary alicyclic amines) is 1. The predicted octanol–water partition coefficient (Wildman–Crippen LogP) is 5.13. The number of carbonyl (C=O) groups is 3. The molecule has 1 aliphatic heterocycles. The molecular formula is C39H39ClN4O7S. The van der Waals surface area contributed by atoms with E-state index >= 15 is 0 Å². The molecule has 2 N–H and O–H groups in total. The molecule has 2 amide bonds. The van der Waals surface area contributed by atoms with Gasteiger partial charge in [-0.1, -0.05) is 96.5 Å². The maximum absolute atomic E-state index is 14.3. The first-order valence-electron chi connectivity index (χ1n) is 16.9. The van der Waals surface area contributed by atoms with E-state index in [1.165, 1.54) is 4.90 Å². The molecule has 0 aliphatic carbocycles. The average Bonchev–Trinajstić information content (AvgIpc) is 3.78. The number of nitrogens with one attached hydrogen (secondary N) is 2. The van der Waals surface area contributed by atoms with Crippen LogP contribution in [0.25, 0.3) is 11.1 Å². The van der Waals surface area contributed by atoms with Gasteiger partial charge in [0.1, 0.15) is 23.6 Å². The van der Waals surface area contributed by atoms with Crippen LogP contribution in [0.15, 0.2) is 114 Å². The van der Waals surface area contributed by atoms with Crippen LogP contribution in [0.1, 0.15) is 40.2 Å². The van der Waals surface area contributed by atoms with Gasteiger partial charge in [-0.15, -0.1) is 0 Å². The fourth-order valence-electron chi connectivity index (χ4n) is 6.31. The van der Waals surface area contributed by atoms with E-state index in [1.54, 1.807) is 36.4 Å². The summed E-state index contributed by atoms with van der Waals surface area (Å²) in [6, 6.07) is 29.4. The van der Waals surface area contributed by atoms with Crippen molar-refractivity contribution in [1.82, 2.24) is 19.9 Å². The Labute approximate surface area is 307 Å². The van der Waals surface area contributed by atoms with Crippen LogP contribution in [0.3, 0.4) is 0 Å². The van der Waals surface area contributed by atoms with Gasteiger partial charge in [-0.2, -0.15) is 0 Å². The van der Waals surface area contributed by atoms with Gasteiger partial charge < -0.3 is 19.4 Å². The highest BCUT2D eigenvalue weighted by molar-refractivity contribution is 7.88. The molecule has 1 aromatic heterocycles. The molecule has 0 unspecified atom stereocenters. The van der Waals surface area contributed by atoms with Gasteiger partial charge in [0.05, 0.1) is 19.0 Å². The molecule has 0 bridgehead atoms. The number of carbonyl (C=O) groups excluding carboxylic acids is 3. The molecule has 1 fully saturated rings. The number of nitrogens with zero attached hydrogens (tertiary/aromatic N) is 2. The summed E-state index contributed by atoms with van der Waals surface area (Å²) in [5, 5.41) is 3.47. The second-order valence-corrected chi connectivity index (χ2v) is 15.1. The molecule has 0 spiro atoms. The number of halogens is 1. The largest absolute Gasteiger partial charge is 0.434 e. The molecule has 4 aromatic carbocycles. The van der Waals surface area contributed by atoms with Crippen molar-refractivity contribution in [3.8, 4) is 0 Å². The van der Waals surface area contributed by atoms with Gasteiger partial charge in [-0.3, -0.25) is 14.4 Å². The Morgan fingerprint density at radius 2 is 1.54 bits per heavy atom. The number of fused-ring (bicyclic) bond motifs is 1. The van der Waals surface area contributed by atoms with Crippen LogP contribution >= 0.6 is 11.6 Å². The number of Topliss-reactive ketones (excluding diaryl/α,β-unsaturated/α-hetero) is 1. The number of amides is 2.